The number of carbonyl (C=O) groups excluding carboxylic acids is 1. The molecule has 3 heterocycles. The first-order chi connectivity index (χ1) is 10.1. The first-order valence-corrected chi connectivity index (χ1v) is 9.03. The van der Waals surface area contributed by atoms with Crippen LogP contribution in [0.25, 0.3) is 0 Å². The molecule has 0 saturated carbocycles. The average molecular weight is 318 g/mol. The molecule has 3 nitrogen and oxygen atoms in total. The van der Waals surface area contributed by atoms with Crippen molar-refractivity contribution in [2.45, 2.75) is 39.3 Å². The molecule has 2 N–H and O–H groups in total. The minimum atomic E-state index is -0.0822. The maximum absolute atomic E-state index is 12.6. The Bertz CT molecular complexity index is 716. The predicted molar refractivity (Wildman–Crippen MR) is 88.4 cm³/mol. The van der Waals surface area contributed by atoms with Gasteiger partial charge in [0.25, 0.3) is 5.91 Å². The lowest BCUT2D eigenvalue weighted by atomic mass is 9.88. The molecule has 0 bridgehead atoms. The summed E-state index contributed by atoms with van der Waals surface area (Å²) in [5.41, 5.74) is 2.20. The van der Waals surface area contributed by atoms with E-state index in [1.165, 1.54) is 26.6 Å². The quantitative estimate of drug-likeness (QED) is 0.831. The highest BCUT2D eigenvalue weighted by Gasteiger charge is 2.33. The molecule has 0 saturated heterocycles. The van der Waals surface area contributed by atoms with Crippen LogP contribution in [0, 0.1) is 12.8 Å². The molecular formula is C16H18N2OS2. The van der Waals surface area contributed by atoms with E-state index in [0.717, 1.165) is 29.3 Å². The Balaban J connectivity index is 1.71. The monoisotopic (exact) mass is 318 g/mol. The standard InChI is InChI=1S/C16H18N2OS2/c1-8-3-5-10-12(7-8)21-16-13(10)15(19)17-14(18-16)11-6-4-9(2)20-11/h4,6,8,14,18H,3,5,7H2,1-2H3,(H,17,19)/t8-,14-/m1/s1. The van der Waals surface area contributed by atoms with Crippen molar-refractivity contribution in [3.63, 3.8) is 0 Å². The zero-order valence-electron chi connectivity index (χ0n) is 12.2. The second-order valence-corrected chi connectivity index (χ2v) is 8.48. The van der Waals surface area contributed by atoms with Gasteiger partial charge in [-0.2, -0.15) is 0 Å². The van der Waals surface area contributed by atoms with Crippen LogP contribution in [0.3, 0.4) is 0 Å². The van der Waals surface area contributed by atoms with E-state index in [1.54, 1.807) is 22.7 Å². The molecule has 0 aromatic carbocycles. The van der Waals surface area contributed by atoms with Crippen LogP contribution in [0.4, 0.5) is 5.00 Å². The molecule has 4 rings (SSSR count). The van der Waals surface area contributed by atoms with Crippen molar-refractivity contribution in [3.05, 3.63) is 37.9 Å². The van der Waals surface area contributed by atoms with Gasteiger partial charge >= 0.3 is 0 Å². The number of carbonyl (C=O) groups is 1. The van der Waals surface area contributed by atoms with Crippen LogP contribution >= 0.6 is 22.7 Å². The Morgan fingerprint density at radius 1 is 1.24 bits per heavy atom. The van der Waals surface area contributed by atoms with Crippen molar-refractivity contribution in [2.24, 2.45) is 5.92 Å². The van der Waals surface area contributed by atoms with E-state index in [-0.39, 0.29) is 12.1 Å². The molecule has 1 aliphatic heterocycles. The van der Waals surface area contributed by atoms with Crippen molar-refractivity contribution in [3.8, 4) is 0 Å². The Kier molecular flexibility index (Phi) is 3.08. The van der Waals surface area contributed by atoms with Gasteiger partial charge in [0.2, 0.25) is 0 Å². The van der Waals surface area contributed by atoms with Crippen molar-refractivity contribution in [1.29, 1.82) is 0 Å². The van der Waals surface area contributed by atoms with Crippen molar-refractivity contribution >= 4 is 33.6 Å². The van der Waals surface area contributed by atoms with Crippen LogP contribution in [0.15, 0.2) is 12.1 Å². The Labute approximate surface area is 132 Å². The Morgan fingerprint density at radius 2 is 2.10 bits per heavy atom. The van der Waals surface area contributed by atoms with Crippen molar-refractivity contribution in [1.82, 2.24) is 5.32 Å². The molecule has 5 heteroatoms. The van der Waals surface area contributed by atoms with Crippen LogP contribution in [0.2, 0.25) is 0 Å². The summed E-state index contributed by atoms with van der Waals surface area (Å²) in [6, 6.07) is 4.20. The molecule has 0 fully saturated rings. The van der Waals surface area contributed by atoms with Gasteiger partial charge in [0.05, 0.1) is 5.56 Å². The molecule has 2 atom stereocenters. The summed E-state index contributed by atoms with van der Waals surface area (Å²) in [6.07, 6.45) is 3.27. The van der Waals surface area contributed by atoms with E-state index < -0.39 is 0 Å². The summed E-state index contributed by atoms with van der Waals surface area (Å²) in [7, 11) is 0. The maximum atomic E-state index is 12.6. The van der Waals surface area contributed by atoms with Gasteiger partial charge in [-0.05, 0) is 49.8 Å². The topological polar surface area (TPSA) is 41.1 Å². The highest BCUT2D eigenvalue weighted by molar-refractivity contribution is 7.17. The smallest absolute Gasteiger partial charge is 0.256 e. The fraction of sp³-hybridized carbons (Fsp3) is 0.438. The molecule has 0 spiro atoms. The molecule has 0 radical (unpaired) electrons. The fourth-order valence-corrected chi connectivity index (χ4v) is 5.53. The fourth-order valence-electron chi connectivity index (χ4n) is 3.21. The van der Waals surface area contributed by atoms with Gasteiger partial charge in [0.1, 0.15) is 11.2 Å². The molecule has 110 valence electrons. The number of fused-ring (bicyclic) bond motifs is 3. The van der Waals surface area contributed by atoms with E-state index in [1.807, 2.05) is 0 Å². The van der Waals surface area contributed by atoms with Gasteiger partial charge in [-0.25, -0.2) is 0 Å². The summed E-state index contributed by atoms with van der Waals surface area (Å²) < 4.78 is 0. The zero-order valence-corrected chi connectivity index (χ0v) is 13.8. The van der Waals surface area contributed by atoms with Gasteiger partial charge in [-0.1, -0.05) is 6.92 Å². The lowest BCUT2D eigenvalue weighted by Gasteiger charge is -2.26. The number of amides is 1. The molecule has 1 aliphatic carbocycles. The summed E-state index contributed by atoms with van der Waals surface area (Å²) in [6.45, 7) is 4.39. The number of nitrogens with one attached hydrogen (secondary N) is 2. The van der Waals surface area contributed by atoms with E-state index in [0.29, 0.717) is 0 Å². The van der Waals surface area contributed by atoms with Gasteiger partial charge < -0.3 is 10.6 Å². The summed E-state index contributed by atoms with van der Waals surface area (Å²) in [5.74, 6) is 0.822. The number of rotatable bonds is 1. The highest BCUT2D eigenvalue weighted by Crippen LogP contribution is 2.43. The predicted octanol–water partition coefficient (Wildman–Crippen LogP) is 4.10. The van der Waals surface area contributed by atoms with Crippen LogP contribution < -0.4 is 10.6 Å². The highest BCUT2D eigenvalue weighted by atomic mass is 32.1. The molecule has 1 amide bonds. The molecule has 2 aromatic heterocycles. The largest absolute Gasteiger partial charge is 0.352 e. The van der Waals surface area contributed by atoms with E-state index in [2.05, 4.69) is 36.6 Å². The van der Waals surface area contributed by atoms with Gasteiger partial charge in [0.15, 0.2) is 0 Å². The molecule has 21 heavy (non-hydrogen) atoms. The lowest BCUT2D eigenvalue weighted by Crippen LogP contribution is -2.37. The van der Waals surface area contributed by atoms with E-state index >= 15 is 0 Å². The van der Waals surface area contributed by atoms with Gasteiger partial charge in [-0.3, -0.25) is 4.79 Å². The number of thiophene rings is 2. The first kappa shape index (κ1) is 13.3. The van der Waals surface area contributed by atoms with Crippen LogP contribution in [0.5, 0.6) is 0 Å². The molecule has 0 unspecified atom stereocenters. The first-order valence-electron chi connectivity index (χ1n) is 7.40. The Morgan fingerprint density at radius 3 is 2.86 bits per heavy atom. The summed E-state index contributed by atoms with van der Waals surface area (Å²) in [4.78, 5) is 16.4. The summed E-state index contributed by atoms with van der Waals surface area (Å²) >= 11 is 3.52. The minimum Gasteiger partial charge on any atom is -0.352 e. The van der Waals surface area contributed by atoms with Crippen LogP contribution in [0.1, 0.15) is 50.1 Å². The van der Waals surface area contributed by atoms with Crippen LogP contribution in [-0.4, -0.2) is 5.91 Å². The molecular weight excluding hydrogens is 300 g/mol. The Hall–Kier alpha value is -1.33. The average Bonchev–Trinajstić information content (AvgIpc) is 3.01. The van der Waals surface area contributed by atoms with E-state index in [9.17, 15) is 4.79 Å². The zero-order chi connectivity index (χ0) is 14.6. The van der Waals surface area contributed by atoms with Crippen LogP contribution in [-0.2, 0) is 12.8 Å². The van der Waals surface area contributed by atoms with Crippen molar-refractivity contribution in [2.75, 3.05) is 5.32 Å². The third-order valence-corrected chi connectivity index (χ3v) is 6.59. The number of hydrogen-bond donors (Lipinski definition) is 2. The summed E-state index contributed by atoms with van der Waals surface area (Å²) in [5, 5.41) is 7.71. The second kappa shape index (κ2) is 4.85. The van der Waals surface area contributed by atoms with Gasteiger partial charge in [0, 0.05) is 14.6 Å². The number of aryl methyl sites for hydroxylation is 1. The minimum absolute atomic E-state index is 0.0822. The lowest BCUT2D eigenvalue weighted by molar-refractivity contribution is 0.0936. The normalized spacial score (nSPS) is 24.0. The third-order valence-electron chi connectivity index (χ3n) is 4.34. The van der Waals surface area contributed by atoms with E-state index in [4.69, 9.17) is 0 Å². The SMILES string of the molecule is Cc1ccc([C@@H]2NC(=O)c3c(sc4c3CC[C@@H](C)C4)N2)s1. The second-order valence-electron chi connectivity index (χ2n) is 6.06. The maximum Gasteiger partial charge on any atom is 0.256 e. The third kappa shape index (κ3) is 2.19. The van der Waals surface area contributed by atoms with Gasteiger partial charge in [-0.15, -0.1) is 22.7 Å². The molecule has 2 aliphatic rings. The number of anilines is 1. The van der Waals surface area contributed by atoms with Crippen molar-refractivity contribution < 1.29 is 4.79 Å². The number of hydrogen-bond acceptors (Lipinski definition) is 4. The molecule has 2 aromatic rings.